The molecule has 0 saturated carbocycles. The highest BCUT2D eigenvalue weighted by Gasteiger charge is 2.24. The third-order valence-electron chi connectivity index (χ3n) is 4.68. The molecule has 2 N–H and O–H groups in total. The highest BCUT2D eigenvalue weighted by molar-refractivity contribution is 5.97. The Kier molecular flexibility index (Phi) is 4.24. The lowest BCUT2D eigenvalue weighted by molar-refractivity contribution is 0.0948. The van der Waals surface area contributed by atoms with E-state index < -0.39 is 11.6 Å². The van der Waals surface area contributed by atoms with Gasteiger partial charge in [0, 0.05) is 37.0 Å². The van der Waals surface area contributed by atoms with Crippen molar-refractivity contribution in [2.45, 2.75) is 6.42 Å². The fourth-order valence-corrected chi connectivity index (χ4v) is 3.24. The van der Waals surface area contributed by atoms with Gasteiger partial charge in [-0.2, -0.15) is 15.4 Å². The summed E-state index contributed by atoms with van der Waals surface area (Å²) in [6, 6.07) is 9.07. The number of benzene rings is 2. The molecule has 6 nitrogen and oxygen atoms in total. The predicted molar refractivity (Wildman–Crippen MR) is 92.9 cm³/mol. The van der Waals surface area contributed by atoms with Gasteiger partial charge in [0.1, 0.15) is 11.0 Å². The Bertz CT molecular complexity index is 958. The van der Waals surface area contributed by atoms with Crippen LogP contribution >= 0.6 is 0 Å². The van der Waals surface area contributed by atoms with Crippen molar-refractivity contribution in [2.75, 3.05) is 24.5 Å². The maximum absolute atomic E-state index is 13.4. The number of amides is 1. The summed E-state index contributed by atoms with van der Waals surface area (Å²) < 4.78 is 26.4. The smallest absolute Gasteiger partial charge is 0.251 e. The first-order valence-electron chi connectivity index (χ1n) is 8.39. The molecule has 1 aliphatic heterocycles. The molecule has 3 aromatic rings. The summed E-state index contributed by atoms with van der Waals surface area (Å²) in [5.74, 6) is -1.60. The number of carbonyl (C=O) groups is 1. The molecule has 1 aliphatic rings. The monoisotopic (exact) mass is 357 g/mol. The number of halogens is 2. The zero-order valence-electron chi connectivity index (χ0n) is 13.9. The quantitative estimate of drug-likeness (QED) is 0.752. The van der Waals surface area contributed by atoms with Crippen LogP contribution in [0.15, 0.2) is 36.4 Å². The topological polar surface area (TPSA) is 73.9 Å². The molecule has 0 radical (unpaired) electrons. The molecule has 0 bridgehead atoms. The van der Waals surface area contributed by atoms with Crippen molar-refractivity contribution in [3.05, 3.63) is 53.6 Å². The normalized spacial score (nSPS) is 17.0. The van der Waals surface area contributed by atoms with E-state index in [4.69, 9.17) is 0 Å². The summed E-state index contributed by atoms with van der Waals surface area (Å²) in [6.07, 6.45) is 0.877. The van der Waals surface area contributed by atoms with Crippen LogP contribution < -0.4 is 10.2 Å². The Balaban J connectivity index is 1.35. The Morgan fingerprint density at radius 3 is 2.85 bits per heavy atom. The first kappa shape index (κ1) is 16.4. The molecule has 2 aromatic carbocycles. The van der Waals surface area contributed by atoms with Gasteiger partial charge in [-0.25, -0.2) is 8.78 Å². The van der Waals surface area contributed by atoms with Gasteiger partial charge >= 0.3 is 0 Å². The summed E-state index contributed by atoms with van der Waals surface area (Å²) >= 11 is 0. The van der Waals surface area contributed by atoms with E-state index in [9.17, 15) is 13.6 Å². The lowest BCUT2D eigenvalue weighted by Crippen LogP contribution is -2.31. The van der Waals surface area contributed by atoms with Gasteiger partial charge in [0.15, 0.2) is 11.6 Å². The van der Waals surface area contributed by atoms with Crippen molar-refractivity contribution in [3.63, 3.8) is 0 Å². The van der Waals surface area contributed by atoms with Gasteiger partial charge in [-0.15, -0.1) is 0 Å². The molecule has 134 valence electrons. The summed E-state index contributed by atoms with van der Waals surface area (Å²) in [5.41, 5.74) is 2.54. The van der Waals surface area contributed by atoms with Crippen LogP contribution in [0.3, 0.4) is 0 Å². The van der Waals surface area contributed by atoms with Crippen LogP contribution in [-0.2, 0) is 0 Å². The fraction of sp³-hybridized carbons (Fsp3) is 0.278. The first-order valence-corrected chi connectivity index (χ1v) is 8.39. The fourth-order valence-electron chi connectivity index (χ4n) is 3.24. The number of aromatic nitrogens is 3. The molecular formula is C18H17F2N5O. The van der Waals surface area contributed by atoms with Crippen molar-refractivity contribution < 1.29 is 13.6 Å². The van der Waals surface area contributed by atoms with E-state index in [1.54, 1.807) is 24.3 Å². The minimum Gasteiger partial charge on any atom is -0.371 e. The molecule has 1 aromatic heterocycles. The van der Waals surface area contributed by atoms with Crippen LogP contribution in [0.4, 0.5) is 14.5 Å². The van der Waals surface area contributed by atoms with Gasteiger partial charge in [-0.3, -0.25) is 4.79 Å². The Morgan fingerprint density at radius 2 is 2.00 bits per heavy atom. The van der Waals surface area contributed by atoms with Crippen LogP contribution in [0, 0.1) is 17.6 Å². The number of hydrogen-bond donors (Lipinski definition) is 2. The lowest BCUT2D eigenvalue weighted by Gasteiger charge is -2.19. The van der Waals surface area contributed by atoms with Crippen LogP contribution in [0.5, 0.6) is 0 Å². The first-order chi connectivity index (χ1) is 12.6. The predicted octanol–water partition coefficient (Wildman–Crippen LogP) is 2.49. The number of aromatic amines is 1. The Morgan fingerprint density at radius 1 is 1.15 bits per heavy atom. The summed E-state index contributed by atoms with van der Waals surface area (Å²) in [7, 11) is 0. The van der Waals surface area contributed by atoms with E-state index >= 15 is 0 Å². The second kappa shape index (κ2) is 6.70. The van der Waals surface area contributed by atoms with Gasteiger partial charge in [0.2, 0.25) is 0 Å². The van der Waals surface area contributed by atoms with Crippen molar-refractivity contribution in [3.8, 4) is 0 Å². The largest absolute Gasteiger partial charge is 0.371 e. The molecule has 0 aliphatic carbocycles. The molecule has 1 unspecified atom stereocenters. The van der Waals surface area contributed by atoms with Crippen molar-refractivity contribution in [1.29, 1.82) is 0 Å². The second-order valence-electron chi connectivity index (χ2n) is 6.44. The van der Waals surface area contributed by atoms with E-state index in [0.717, 1.165) is 19.0 Å². The van der Waals surface area contributed by atoms with E-state index in [0.29, 0.717) is 35.4 Å². The maximum atomic E-state index is 13.4. The summed E-state index contributed by atoms with van der Waals surface area (Å²) in [4.78, 5) is 14.3. The third kappa shape index (κ3) is 3.22. The number of rotatable bonds is 4. The van der Waals surface area contributed by atoms with Gasteiger partial charge < -0.3 is 10.2 Å². The minimum atomic E-state index is -0.846. The van der Waals surface area contributed by atoms with E-state index in [-0.39, 0.29) is 11.8 Å². The highest BCUT2D eigenvalue weighted by atomic mass is 19.2. The van der Waals surface area contributed by atoms with Gasteiger partial charge in [0.25, 0.3) is 5.91 Å². The number of H-pyrrole nitrogens is 1. The number of fused-ring (bicyclic) bond motifs is 1. The molecular weight excluding hydrogens is 340 g/mol. The number of nitrogens with zero attached hydrogens (tertiary/aromatic N) is 3. The molecule has 8 heteroatoms. The van der Waals surface area contributed by atoms with Gasteiger partial charge in [-0.1, -0.05) is 0 Å². The van der Waals surface area contributed by atoms with E-state index in [2.05, 4.69) is 20.7 Å². The van der Waals surface area contributed by atoms with Crippen LogP contribution in [0.2, 0.25) is 0 Å². The molecule has 1 amide bonds. The van der Waals surface area contributed by atoms with Gasteiger partial charge in [0.05, 0.1) is 0 Å². The van der Waals surface area contributed by atoms with Crippen LogP contribution in [0.1, 0.15) is 16.8 Å². The number of anilines is 1. The second-order valence-corrected chi connectivity index (χ2v) is 6.44. The molecule has 2 heterocycles. The maximum Gasteiger partial charge on any atom is 0.251 e. The van der Waals surface area contributed by atoms with Gasteiger partial charge in [-0.05, 0) is 42.7 Å². The molecule has 1 saturated heterocycles. The van der Waals surface area contributed by atoms with E-state index in [1.807, 2.05) is 4.90 Å². The lowest BCUT2D eigenvalue weighted by atomic mass is 10.1. The summed E-state index contributed by atoms with van der Waals surface area (Å²) in [5, 5.41) is 13.4. The average Bonchev–Trinajstić information content (AvgIpc) is 3.30. The van der Waals surface area contributed by atoms with Crippen LogP contribution in [0.25, 0.3) is 11.0 Å². The van der Waals surface area contributed by atoms with E-state index in [1.165, 1.54) is 6.07 Å². The number of nitrogens with one attached hydrogen (secondary N) is 2. The van der Waals surface area contributed by atoms with Crippen LogP contribution in [-0.4, -0.2) is 41.0 Å². The number of carbonyl (C=O) groups excluding carboxylic acids is 1. The Labute approximate surface area is 148 Å². The van der Waals surface area contributed by atoms with Crippen molar-refractivity contribution >= 4 is 22.6 Å². The number of hydrogen-bond acceptors (Lipinski definition) is 4. The zero-order chi connectivity index (χ0) is 18.1. The average molecular weight is 357 g/mol. The standard InChI is InChI=1S/C18H17F2N5O/c19-14-3-2-13(8-15(14)20)25-6-5-11(10-25)9-21-18(26)12-1-4-16-17(7-12)23-24-22-16/h1-4,7-8,11H,5-6,9-10H2,(H,21,26)(H,22,23,24). The summed E-state index contributed by atoms with van der Waals surface area (Å²) in [6.45, 7) is 1.96. The molecule has 1 fully saturated rings. The van der Waals surface area contributed by atoms with Crippen molar-refractivity contribution in [2.24, 2.45) is 5.92 Å². The molecule has 0 spiro atoms. The molecule has 4 rings (SSSR count). The SMILES string of the molecule is O=C(NCC1CCN(c2ccc(F)c(F)c2)C1)c1ccc2n[nH]nc2c1. The van der Waals surface area contributed by atoms with Crippen molar-refractivity contribution in [1.82, 2.24) is 20.7 Å². The highest BCUT2D eigenvalue weighted by Crippen LogP contribution is 2.25. The minimum absolute atomic E-state index is 0.166. The third-order valence-corrected chi connectivity index (χ3v) is 4.68. The molecule has 1 atom stereocenters. The Hall–Kier alpha value is -3.03. The molecule has 26 heavy (non-hydrogen) atoms. The zero-order valence-corrected chi connectivity index (χ0v) is 13.9.